The molecule has 6 aromatic rings. The summed E-state index contributed by atoms with van der Waals surface area (Å²) in [4.78, 5) is 10.1. The molecule has 0 spiro atoms. The highest BCUT2D eigenvalue weighted by molar-refractivity contribution is 5.52. The van der Waals surface area contributed by atoms with E-state index in [1.807, 2.05) is 14.1 Å². The number of fused-ring (bicyclic) bond motifs is 6. The molecule has 6 aromatic carbocycles. The Morgan fingerprint density at radius 1 is 0.258 bits per heavy atom. The molecule has 6 saturated carbocycles. The summed E-state index contributed by atoms with van der Waals surface area (Å²) in [5.41, 5.74) is 4.05. The number of likely N-dealkylation sites (tertiary alicyclic amines) is 6. The van der Waals surface area contributed by atoms with Crippen molar-refractivity contribution in [2.75, 3.05) is 124 Å². The molecule has 18 atom stereocenters. The van der Waals surface area contributed by atoms with Gasteiger partial charge in [0.2, 0.25) is 0 Å². The highest BCUT2D eigenvalue weighted by Crippen LogP contribution is 2.63. The van der Waals surface area contributed by atoms with E-state index < -0.39 is 76.3 Å². The van der Waals surface area contributed by atoms with E-state index in [2.05, 4.69) is 9.80 Å². The van der Waals surface area contributed by atoms with E-state index in [9.17, 15) is 0 Å². The molecule has 12 heteroatoms. The van der Waals surface area contributed by atoms with Crippen molar-refractivity contribution in [2.24, 2.45) is 35.5 Å². The second kappa shape index (κ2) is 34.0. The molecule has 0 radical (unpaired) electrons. The Hall–Kier alpha value is -6.12. The second-order valence-corrected chi connectivity index (χ2v) is 38.3. The third-order valence-corrected chi connectivity index (χ3v) is 33.6. The number of piperidine rings is 6. The van der Waals surface area contributed by atoms with E-state index in [0.29, 0.717) is 97.8 Å². The van der Waals surface area contributed by atoms with E-state index in [4.69, 9.17) is 80.5 Å². The lowest BCUT2D eigenvalue weighted by Crippen LogP contribution is -2.59. The second-order valence-electron chi connectivity index (χ2n) is 38.3. The van der Waals surface area contributed by atoms with Crippen molar-refractivity contribution in [2.45, 2.75) is 300 Å². The number of ether oxygens (including phenoxy) is 6. The highest BCUT2D eigenvalue weighted by Gasteiger charge is 2.60. The Kier molecular flexibility index (Phi) is 14.2. The summed E-state index contributed by atoms with van der Waals surface area (Å²) in [7, 11) is 12.5. The first-order valence-corrected chi connectivity index (χ1v) is 45.5. The van der Waals surface area contributed by atoms with E-state index in [-0.39, 0.29) is 260 Å². The van der Waals surface area contributed by atoms with Crippen LogP contribution in [0, 0.1) is 35.5 Å². The Balaban J connectivity index is 0.000000118. The Morgan fingerprint density at radius 3 is 0.675 bits per heavy atom. The fourth-order valence-corrected chi connectivity index (χ4v) is 27.8. The maximum Gasteiger partial charge on any atom is 0.119 e. The molecule has 648 valence electrons. The molecule has 12 aliphatic carbocycles. The lowest BCUT2D eigenvalue weighted by Gasteiger charge is -2.58. The van der Waals surface area contributed by atoms with Gasteiger partial charge in [0.05, 0.1) is 67.3 Å². The van der Waals surface area contributed by atoms with Gasteiger partial charge >= 0.3 is 0 Å². The van der Waals surface area contributed by atoms with Crippen LogP contribution >= 0.6 is 0 Å². The average Bonchev–Trinajstić information content (AvgIpc) is 0.675. The summed E-state index contributed by atoms with van der Waals surface area (Å²) < 4.78 is 351. The van der Waals surface area contributed by atoms with E-state index >= 15 is 0 Å². The molecule has 0 N–H and O–H groups in total. The largest absolute Gasteiger partial charge is 0.497 e. The Labute approximate surface area is 777 Å². The van der Waals surface area contributed by atoms with Gasteiger partial charge in [0.25, 0.3) is 0 Å². The summed E-state index contributed by atoms with van der Waals surface area (Å²) in [5, 5.41) is 0. The zero-order chi connectivity index (χ0) is 115. The van der Waals surface area contributed by atoms with E-state index in [1.54, 1.807) is 9.80 Å². The van der Waals surface area contributed by atoms with Gasteiger partial charge in [-0.15, -0.1) is 0 Å². The number of benzene rings is 6. The van der Waals surface area contributed by atoms with Gasteiger partial charge in [0, 0.05) is 96.2 Å². The van der Waals surface area contributed by atoms with Gasteiger partial charge in [-0.1, -0.05) is 113 Å². The van der Waals surface area contributed by atoms with Crippen LogP contribution in [0.3, 0.4) is 0 Å². The predicted molar refractivity (Wildman–Crippen MR) is 488 cm³/mol. The molecular formula is C108H150N6O6. The Morgan fingerprint density at radius 2 is 0.450 bits per heavy atom. The molecule has 12 nitrogen and oxygen atoms in total. The number of likely N-dealkylation sites (N-methyl/N-ethyl adjacent to an activating group) is 6. The molecule has 12 bridgehead atoms. The number of hydrogen-bond donors (Lipinski definition) is 0. The smallest absolute Gasteiger partial charge is 0.119 e. The maximum atomic E-state index is 8.93. The molecule has 0 amide bonds. The third-order valence-electron chi connectivity index (χ3n) is 33.6. The molecular weight excluding hydrogens is 1480 g/mol. The normalized spacial score (nSPS) is 42.8. The number of rotatable bonds is 6. The van der Waals surface area contributed by atoms with Crippen LogP contribution in [0.2, 0.25) is 0 Å². The third kappa shape index (κ3) is 14.1. The maximum absolute atomic E-state index is 8.93. The van der Waals surface area contributed by atoms with Crippen LogP contribution in [0.15, 0.2) is 109 Å². The average molecular weight is 1670 g/mol. The number of nitrogens with zero attached hydrogens (tertiary/aromatic N) is 6. The topological polar surface area (TPSA) is 74.8 Å². The molecule has 24 rings (SSSR count). The van der Waals surface area contributed by atoms with Gasteiger partial charge in [-0.05, 0) is 410 Å². The molecule has 12 fully saturated rings. The summed E-state index contributed by atoms with van der Waals surface area (Å²) in [6.45, 7) is -6.09. The van der Waals surface area contributed by atoms with Crippen molar-refractivity contribution >= 4 is 0 Å². The fraction of sp³-hybridized carbons (Fsp3) is 0.667. The van der Waals surface area contributed by atoms with E-state index in [0.717, 1.165) is 178 Å². The summed E-state index contributed by atoms with van der Waals surface area (Å²) in [5.74, 6) is 0.875. The number of hydrogen-bond acceptors (Lipinski definition) is 12. The van der Waals surface area contributed by atoms with Crippen LogP contribution in [0.1, 0.15) is 311 Å². The summed E-state index contributed by atoms with van der Waals surface area (Å²) in [6.07, 6.45) is 20.2. The zero-order valence-electron chi connectivity index (χ0n) is 110. The van der Waals surface area contributed by atoms with Crippen LogP contribution in [0.25, 0.3) is 0 Å². The lowest BCUT2D eigenvalue weighted by molar-refractivity contribution is 0.00272. The molecule has 6 saturated heterocycles. The van der Waals surface area contributed by atoms with Crippen molar-refractivity contribution in [3.05, 3.63) is 176 Å². The molecule has 6 unspecified atom stereocenters. The van der Waals surface area contributed by atoms with Gasteiger partial charge in [-0.2, -0.15) is 0 Å². The van der Waals surface area contributed by atoms with Crippen molar-refractivity contribution in [3.8, 4) is 34.5 Å². The number of methoxy groups -OCH3 is 6. The van der Waals surface area contributed by atoms with Gasteiger partial charge in [-0.3, -0.25) is 0 Å². The summed E-state index contributed by atoms with van der Waals surface area (Å²) >= 11 is 0. The van der Waals surface area contributed by atoms with Gasteiger partial charge < -0.3 is 57.8 Å². The van der Waals surface area contributed by atoms with Crippen molar-refractivity contribution in [1.82, 2.24) is 29.4 Å². The first-order chi connectivity index (χ1) is 73.9. The van der Waals surface area contributed by atoms with Crippen molar-refractivity contribution < 1.29 is 80.5 Å². The van der Waals surface area contributed by atoms with Gasteiger partial charge in [-0.25, -0.2) is 0 Å². The van der Waals surface area contributed by atoms with Gasteiger partial charge in [0.15, 0.2) is 0 Å². The SMILES string of the molecule is [2H]c1c([2H])c(OC)c([2H])c2c1C[C@H]1C3CCCC[C@@]23CCN1C([2H])([2H])[2H].[2H]c1c([2H])c(OC)c([2H])c2c1C[C@H]1C3CCCC[C@@]23CCN1C([2H])([2H])[2H].[2H]c1c([2H])c2c(c([2H])c1OC)[C@]13CCCCC1[C@@H](N(C([2H])([2H])[2H])CC3)C2([2H])[2H].[2H]c1c([2H])c2c(c([2H])c1OC)[C@]13CCCCC1[C@@H](N(C([2H])([2H])[2H])CC3)C2([2H])[2H].[2H]c1c([2H])c2c(c([2H])c1OC)[C@]13CCCCC1[C@@H](N(C)CC3)C2([2H])[2H].[2H]c1c([2H])c2c(c([2H])c1OC)[C@]13CCCCC1[C@@H](N(C)CC3)C2([2H])[2H]. The highest BCUT2D eigenvalue weighted by atomic mass is 16.5. The molecule has 6 aliphatic heterocycles. The molecule has 18 aliphatic rings. The molecule has 6 heterocycles. The Bertz CT molecular complexity index is 6220. The van der Waals surface area contributed by atoms with E-state index in [1.165, 1.54) is 52.5 Å². The van der Waals surface area contributed by atoms with Crippen LogP contribution in [-0.4, -0.2) is 190 Å². The first kappa shape index (κ1) is 50.3. The predicted octanol–water partition coefficient (Wildman–Crippen LogP) is 20.3. The fourth-order valence-electron chi connectivity index (χ4n) is 27.8. The molecule has 120 heavy (non-hydrogen) atoms. The molecule has 0 aromatic heterocycles. The summed E-state index contributed by atoms with van der Waals surface area (Å²) in [6, 6.07) is -3.49. The lowest BCUT2D eigenvalue weighted by atomic mass is 9.52. The minimum atomic E-state index is -2.43. The monoisotopic (exact) mass is 1670 g/mol. The zero-order valence-corrected chi connectivity index (χ0v) is 71.9. The minimum absolute atomic E-state index is 0.00458. The van der Waals surface area contributed by atoms with Gasteiger partial charge in [0.1, 0.15) is 34.5 Å². The van der Waals surface area contributed by atoms with Crippen LogP contribution in [0.4, 0.5) is 0 Å². The van der Waals surface area contributed by atoms with Crippen molar-refractivity contribution in [1.29, 1.82) is 0 Å². The minimum Gasteiger partial charge on any atom is -0.497 e. The quantitative estimate of drug-likeness (QED) is 0.159. The van der Waals surface area contributed by atoms with Crippen LogP contribution < -0.4 is 28.4 Å². The van der Waals surface area contributed by atoms with Crippen LogP contribution in [-0.2, 0) is 70.8 Å². The standard InChI is InChI=1S/6C18H25NO/c6*1-19-10-9-18-8-4-3-5-15(18)17(19)11-13-6-7-14(20-2)12-16(13)18/h6*6-7,12,15,17H,3-5,8-11H2,1-2H3/t6*15?,17-,18-/m000000/s1/i2*1D3,6D,7D,11D2,12D;2*6D,7D,11D2,12D;2*1D3,6D,7D,12D. The first-order valence-electron chi connectivity index (χ1n) is 64.5. The van der Waals surface area contributed by atoms with Crippen LogP contribution in [0.5, 0.6) is 34.5 Å². The van der Waals surface area contributed by atoms with Crippen molar-refractivity contribution in [3.63, 3.8) is 0 Å².